The molecule has 31 heavy (non-hydrogen) atoms. The Hall–Kier alpha value is -2.26. The zero-order valence-electron chi connectivity index (χ0n) is 17.8. The predicted octanol–water partition coefficient (Wildman–Crippen LogP) is 4.83. The van der Waals surface area contributed by atoms with Crippen LogP contribution in [0.3, 0.4) is 0 Å². The van der Waals surface area contributed by atoms with Crippen molar-refractivity contribution in [2.45, 2.75) is 45.3 Å². The Kier molecular flexibility index (Phi) is 5.91. The summed E-state index contributed by atoms with van der Waals surface area (Å²) in [6, 6.07) is 3.89. The predicted molar refractivity (Wildman–Crippen MR) is 116 cm³/mol. The smallest absolute Gasteiger partial charge is 0.410 e. The summed E-state index contributed by atoms with van der Waals surface area (Å²) in [7, 11) is 0. The van der Waals surface area contributed by atoms with Gasteiger partial charge in [-0.25, -0.2) is 19.2 Å². The van der Waals surface area contributed by atoms with Crippen LogP contribution in [0.4, 0.5) is 9.18 Å². The van der Waals surface area contributed by atoms with Gasteiger partial charge in [0.05, 0.1) is 16.7 Å². The lowest BCUT2D eigenvalue weighted by Crippen LogP contribution is -2.40. The molecule has 1 aromatic carbocycles. The topological polar surface area (TPSA) is 76.6 Å². The number of aromatic nitrogens is 2. The second-order valence-electron chi connectivity index (χ2n) is 9.06. The maximum absolute atomic E-state index is 13.5. The number of nitrogens with zero attached hydrogens (tertiary/aromatic N) is 3. The molecule has 2 atom stereocenters. The van der Waals surface area contributed by atoms with Crippen LogP contribution in [-0.2, 0) is 4.74 Å². The molecule has 3 heterocycles. The summed E-state index contributed by atoms with van der Waals surface area (Å²) in [4.78, 5) is 23.5. The van der Waals surface area contributed by atoms with E-state index in [-0.39, 0.29) is 23.4 Å². The number of ether oxygens (including phenoxy) is 2. The number of amides is 1. The van der Waals surface area contributed by atoms with Crippen molar-refractivity contribution in [1.29, 1.82) is 0 Å². The van der Waals surface area contributed by atoms with Gasteiger partial charge in [0.25, 0.3) is 0 Å². The fourth-order valence-corrected chi connectivity index (χ4v) is 4.82. The average Bonchev–Trinajstić information content (AvgIpc) is 3.31. The van der Waals surface area contributed by atoms with E-state index in [0.29, 0.717) is 28.2 Å². The summed E-state index contributed by atoms with van der Waals surface area (Å²) in [6.07, 6.45) is 4.44. The zero-order chi connectivity index (χ0) is 22.2. The van der Waals surface area contributed by atoms with Crippen LogP contribution in [-0.4, -0.2) is 46.2 Å². The molecule has 1 spiro atoms. The minimum absolute atomic E-state index is 0.163. The highest BCUT2D eigenvalue weighted by Gasteiger charge is 2.53. The van der Waals surface area contributed by atoms with Crippen LogP contribution in [0.2, 0.25) is 0 Å². The van der Waals surface area contributed by atoms with E-state index in [2.05, 4.69) is 31.2 Å². The van der Waals surface area contributed by atoms with Crippen molar-refractivity contribution in [3.8, 4) is 11.5 Å². The number of hydrogen-bond donors (Lipinski definition) is 1. The molecule has 166 valence electrons. The number of carbonyl (C=O) groups is 1. The minimum atomic E-state index is -0.602. The molecule has 7 nitrogen and oxygen atoms in total. The number of nitrogens with one attached hydrogen (secondary N) is 1. The largest absolute Gasteiger partial charge is 0.453 e. The molecule has 0 bridgehead atoms. The fourth-order valence-electron chi connectivity index (χ4n) is 4.39. The quantitative estimate of drug-likeness (QED) is 0.660. The second kappa shape index (κ2) is 8.35. The van der Waals surface area contributed by atoms with Crippen LogP contribution in [0.25, 0.3) is 0 Å². The Labute approximate surface area is 189 Å². The first kappa shape index (κ1) is 22.0. The summed E-state index contributed by atoms with van der Waals surface area (Å²) >= 11 is 3.34. The maximum atomic E-state index is 13.5. The van der Waals surface area contributed by atoms with Crippen LogP contribution in [0.15, 0.2) is 35.2 Å². The molecule has 0 radical (unpaired) electrons. The molecule has 2 aliphatic rings. The van der Waals surface area contributed by atoms with Gasteiger partial charge in [-0.2, -0.15) is 0 Å². The van der Waals surface area contributed by atoms with E-state index >= 15 is 0 Å². The molecule has 2 unspecified atom stereocenters. The van der Waals surface area contributed by atoms with Crippen LogP contribution < -0.4 is 10.1 Å². The van der Waals surface area contributed by atoms with Crippen molar-refractivity contribution in [1.82, 2.24) is 20.2 Å². The molecule has 0 saturated carbocycles. The molecule has 2 saturated heterocycles. The summed E-state index contributed by atoms with van der Waals surface area (Å²) in [5.41, 5.74) is -0.142. The first-order chi connectivity index (χ1) is 14.7. The average molecular weight is 493 g/mol. The first-order valence-electron chi connectivity index (χ1n) is 10.3. The number of carbonyl (C=O) groups excluding carboxylic acids is 1. The van der Waals surface area contributed by atoms with E-state index in [1.165, 1.54) is 18.5 Å². The van der Waals surface area contributed by atoms with Gasteiger partial charge in [-0.3, -0.25) is 4.90 Å². The highest BCUT2D eigenvalue weighted by atomic mass is 79.9. The summed E-state index contributed by atoms with van der Waals surface area (Å²) < 4.78 is 25.8. The normalized spacial score (nSPS) is 23.4. The lowest BCUT2D eigenvalue weighted by molar-refractivity contribution is 0.0160. The molecule has 1 N–H and O–H groups in total. The van der Waals surface area contributed by atoms with E-state index < -0.39 is 5.60 Å². The van der Waals surface area contributed by atoms with Gasteiger partial charge in [-0.05, 0) is 74.3 Å². The third-order valence-corrected chi connectivity index (χ3v) is 6.35. The zero-order valence-corrected chi connectivity index (χ0v) is 19.4. The lowest BCUT2D eigenvalue weighted by atomic mass is 9.78. The SMILES string of the molecule is CC(C)(C)OC(=O)N1CCC2(CCNC2)C1c1ncncc1Oc1ccc(F)cc1Br. The van der Waals surface area contributed by atoms with Gasteiger partial charge < -0.3 is 14.8 Å². The van der Waals surface area contributed by atoms with Crippen molar-refractivity contribution in [3.05, 3.63) is 46.7 Å². The molecule has 2 aliphatic heterocycles. The van der Waals surface area contributed by atoms with Crippen molar-refractivity contribution in [2.75, 3.05) is 19.6 Å². The molecular weight excluding hydrogens is 467 g/mol. The van der Waals surface area contributed by atoms with Crippen LogP contribution in [0.5, 0.6) is 11.5 Å². The van der Waals surface area contributed by atoms with Crippen molar-refractivity contribution < 1.29 is 18.7 Å². The van der Waals surface area contributed by atoms with Crippen molar-refractivity contribution in [2.24, 2.45) is 5.41 Å². The fraction of sp³-hybridized carbons (Fsp3) is 0.500. The number of benzene rings is 1. The Balaban J connectivity index is 1.73. The first-order valence-corrected chi connectivity index (χ1v) is 11.1. The Morgan fingerprint density at radius 2 is 2.13 bits per heavy atom. The molecule has 9 heteroatoms. The van der Waals surface area contributed by atoms with Gasteiger partial charge >= 0.3 is 6.09 Å². The summed E-state index contributed by atoms with van der Waals surface area (Å²) in [6.45, 7) is 7.80. The molecule has 2 fully saturated rings. The van der Waals surface area contributed by atoms with Gasteiger partial charge in [0.15, 0.2) is 5.75 Å². The molecular formula is C22H26BrFN4O3. The van der Waals surface area contributed by atoms with Crippen LogP contribution in [0, 0.1) is 11.2 Å². The summed E-state index contributed by atoms with van der Waals surface area (Å²) in [5.74, 6) is 0.506. The van der Waals surface area contributed by atoms with Crippen molar-refractivity contribution >= 4 is 22.0 Å². The van der Waals surface area contributed by atoms with Gasteiger partial charge in [0.1, 0.15) is 29.2 Å². The van der Waals surface area contributed by atoms with Crippen molar-refractivity contribution in [3.63, 3.8) is 0 Å². The third kappa shape index (κ3) is 4.52. The standard InChI is InChI=1S/C22H26BrFN4O3/c1-21(2,3)31-20(29)28-9-7-22(6-8-25-12-22)19(28)18-17(11-26-13-27-18)30-16-5-4-14(24)10-15(16)23/h4-5,10-11,13,19,25H,6-9,12H2,1-3H3. The van der Waals surface area contributed by atoms with Crippen LogP contribution in [0.1, 0.15) is 45.3 Å². The Morgan fingerprint density at radius 3 is 2.81 bits per heavy atom. The van der Waals surface area contributed by atoms with Gasteiger partial charge in [-0.15, -0.1) is 0 Å². The minimum Gasteiger partial charge on any atom is -0.453 e. The van der Waals surface area contributed by atoms with Crippen LogP contribution >= 0.6 is 15.9 Å². The van der Waals surface area contributed by atoms with Gasteiger partial charge in [-0.1, -0.05) is 0 Å². The summed E-state index contributed by atoms with van der Waals surface area (Å²) in [5, 5.41) is 3.43. The monoisotopic (exact) mass is 492 g/mol. The Bertz CT molecular complexity index is 975. The van der Waals surface area contributed by atoms with E-state index in [4.69, 9.17) is 9.47 Å². The van der Waals surface area contributed by atoms with E-state index in [1.54, 1.807) is 17.2 Å². The van der Waals surface area contributed by atoms with Gasteiger partial charge in [0.2, 0.25) is 0 Å². The molecule has 4 rings (SSSR count). The van der Waals surface area contributed by atoms with Gasteiger partial charge in [0, 0.05) is 18.5 Å². The molecule has 2 aromatic rings. The number of halogens is 2. The third-order valence-electron chi connectivity index (χ3n) is 5.73. The van der Waals surface area contributed by atoms with E-state index in [0.717, 1.165) is 25.9 Å². The second-order valence-corrected chi connectivity index (χ2v) is 9.92. The Morgan fingerprint density at radius 1 is 1.32 bits per heavy atom. The molecule has 1 aromatic heterocycles. The number of rotatable bonds is 3. The molecule has 1 amide bonds. The maximum Gasteiger partial charge on any atom is 0.410 e. The molecule has 0 aliphatic carbocycles. The lowest BCUT2D eigenvalue weighted by Gasteiger charge is -2.35. The highest BCUT2D eigenvalue weighted by molar-refractivity contribution is 9.10. The highest BCUT2D eigenvalue weighted by Crippen LogP contribution is 2.52. The number of hydrogen-bond acceptors (Lipinski definition) is 6. The van der Waals surface area contributed by atoms with E-state index in [9.17, 15) is 9.18 Å². The van der Waals surface area contributed by atoms with E-state index in [1.807, 2.05) is 20.8 Å². The number of likely N-dealkylation sites (tertiary alicyclic amines) is 1.